The maximum absolute atomic E-state index is 11.9. The van der Waals surface area contributed by atoms with E-state index in [1.54, 1.807) is 0 Å². The maximum atomic E-state index is 11.9. The molecule has 0 aromatic heterocycles. The molecule has 0 aliphatic carbocycles. The average molecular weight is 362 g/mol. The van der Waals surface area contributed by atoms with Gasteiger partial charge in [0.2, 0.25) is 0 Å². The first-order chi connectivity index (χ1) is 11.8. The standard InChI is InChI=1S/C18H21NO5S/c1-3-13(2)14-4-8-16(9-5-14)24-12-18(20)19-15-6-10-17(11-7-15)25(21,22)23/h4-11,13H,3,12H2,1-2H3,(H,19,20)(H,21,22,23)/p-1. The Morgan fingerprint density at radius 1 is 1.12 bits per heavy atom. The van der Waals surface area contributed by atoms with Crippen LogP contribution in [0.1, 0.15) is 31.7 Å². The van der Waals surface area contributed by atoms with Crippen molar-refractivity contribution in [2.24, 2.45) is 0 Å². The van der Waals surface area contributed by atoms with Crippen molar-refractivity contribution in [1.82, 2.24) is 0 Å². The minimum atomic E-state index is -4.49. The number of rotatable bonds is 7. The summed E-state index contributed by atoms with van der Waals surface area (Å²) in [5, 5.41) is 2.57. The fraction of sp³-hybridized carbons (Fsp3) is 0.278. The van der Waals surface area contributed by atoms with Crippen molar-refractivity contribution in [2.75, 3.05) is 11.9 Å². The zero-order valence-corrected chi connectivity index (χ0v) is 14.9. The zero-order chi connectivity index (χ0) is 18.4. The van der Waals surface area contributed by atoms with E-state index in [4.69, 9.17) is 4.74 Å². The van der Waals surface area contributed by atoms with Gasteiger partial charge in [0.15, 0.2) is 6.61 Å². The van der Waals surface area contributed by atoms with Gasteiger partial charge < -0.3 is 14.6 Å². The van der Waals surface area contributed by atoms with Crippen LogP contribution in [0.4, 0.5) is 5.69 Å². The molecule has 0 radical (unpaired) electrons. The second-order valence-corrected chi connectivity index (χ2v) is 7.07. The molecule has 134 valence electrons. The van der Waals surface area contributed by atoms with Gasteiger partial charge in [0.05, 0.1) is 4.90 Å². The molecule has 0 fully saturated rings. The minimum Gasteiger partial charge on any atom is -0.744 e. The minimum absolute atomic E-state index is 0.176. The van der Waals surface area contributed by atoms with Crippen molar-refractivity contribution in [3.05, 3.63) is 54.1 Å². The van der Waals surface area contributed by atoms with Crippen LogP contribution >= 0.6 is 0 Å². The Hall–Kier alpha value is -2.38. The summed E-state index contributed by atoms with van der Waals surface area (Å²) in [6.45, 7) is 4.09. The molecule has 2 aromatic rings. The Morgan fingerprint density at radius 2 is 1.72 bits per heavy atom. The van der Waals surface area contributed by atoms with Crippen LogP contribution in [0.15, 0.2) is 53.4 Å². The molecule has 1 N–H and O–H groups in total. The topological polar surface area (TPSA) is 95.5 Å². The predicted octanol–water partition coefficient (Wildman–Crippen LogP) is 3.12. The lowest BCUT2D eigenvalue weighted by molar-refractivity contribution is -0.118. The Labute approximate surface area is 147 Å². The van der Waals surface area contributed by atoms with Gasteiger partial charge in [-0.25, -0.2) is 8.42 Å². The maximum Gasteiger partial charge on any atom is 0.262 e. The quantitative estimate of drug-likeness (QED) is 0.764. The van der Waals surface area contributed by atoms with E-state index in [-0.39, 0.29) is 17.4 Å². The van der Waals surface area contributed by atoms with Crippen LogP contribution in [-0.4, -0.2) is 25.5 Å². The average Bonchev–Trinajstić information content (AvgIpc) is 2.59. The van der Waals surface area contributed by atoms with Crippen LogP contribution < -0.4 is 10.1 Å². The summed E-state index contributed by atoms with van der Waals surface area (Å²) in [4.78, 5) is 11.5. The lowest BCUT2D eigenvalue weighted by atomic mass is 9.99. The number of amides is 1. The SMILES string of the molecule is CCC(C)c1ccc(OCC(=O)Nc2ccc(S(=O)(=O)[O-])cc2)cc1. The molecule has 25 heavy (non-hydrogen) atoms. The third kappa shape index (κ3) is 5.58. The molecule has 1 amide bonds. The predicted molar refractivity (Wildman–Crippen MR) is 93.7 cm³/mol. The molecule has 7 heteroatoms. The normalized spacial score (nSPS) is 12.4. The van der Waals surface area contributed by atoms with Gasteiger partial charge in [-0.1, -0.05) is 26.0 Å². The van der Waals surface area contributed by atoms with E-state index in [1.165, 1.54) is 17.7 Å². The number of hydrogen-bond donors (Lipinski definition) is 1. The van der Waals surface area contributed by atoms with Gasteiger partial charge in [-0.15, -0.1) is 0 Å². The summed E-state index contributed by atoms with van der Waals surface area (Å²) in [6.07, 6.45) is 1.05. The van der Waals surface area contributed by atoms with Crippen molar-refractivity contribution in [2.45, 2.75) is 31.1 Å². The molecule has 1 atom stereocenters. The summed E-state index contributed by atoms with van der Waals surface area (Å²) in [6, 6.07) is 12.6. The number of carbonyl (C=O) groups is 1. The van der Waals surface area contributed by atoms with E-state index in [9.17, 15) is 17.8 Å². The number of nitrogens with one attached hydrogen (secondary N) is 1. The van der Waals surface area contributed by atoms with E-state index in [1.807, 2.05) is 24.3 Å². The highest BCUT2D eigenvalue weighted by Crippen LogP contribution is 2.21. The van der Waals surface area contributed by atoms with E-state index in [0.717, 1.165) is 18.6 Å². The molecule has 0 bridgehead atoms. The van der Waals surface area contributed by atoms with Gasteiger partial charge >= 0.3 is 0 Å². The van der Waals surface area contributed by atoms with Gasteiger partial charge in [0, 0.05) is 5.69 Å². The van der Waals surface area contributed by atoms with Crippen LogP contribution in [0, 0.1) is 0 Å². The van der Waals surface area contributed by atoms with Gasteiger partial charge in [-0.3, -0.25) is 4.79 Å². The van der Waals surface area contributed by atoms with Crippen molar-refractivity contribution in [3.8, 4) is 5.75 Å². The number of hydrogen-bond acceptors (Lipinski definition) is 5. The number of anilines is 1. The van der Waals surface area contributed by atoms with Crippen molar-refractivity contribution < 1.29 is 22.5 Å². The van der Waals surface area contributed by atoms with Crippen LogP contribution in [0.5, 0.6) is 5.75 Å². The number of carbonyl (C=O) groups excluding carboxylic acids is 1. The van der Waals surface area contributed by atoms with Crippen LogP contribution in [0.3, 0.4) is 0 Å². The Balaban J connectivity index is 1.88. The lowest BCUT2D eigenvalue weighted by Gasteiger charge is -2.11. The lowest BCUT2D eigenvalue weighted by Crippen LogP contribution is -2.20. The summed E-state index contributed by atoms with van der Waals surface area (Å²) < 4.78 is 38.0. The van der Waals surface area contributed by atoms with Crippen molar-refractivity contribution >= 4 is 21.7 Å². The first kappa shape index (κ1) is 19.0. The molecule has 0 spiro atoms. The summed E-state index contributed by atoms with van der Waals surface area (Å²) in [5.74, 6) is 0.678. The highest BCUT2D eigenvalue weighted by Gasteiger charge is 2.07. The Bertz CT molecular complexity index is 814. The first-order valence-electron chi connectivity index (χ1n) is 7.88. The van der Waals surface area contributed by atoms with Crippen molar-refractivity contribution in [3.63, 3.8) is 0 Å². The molecule has 0 heterocycles. The highest BCUT2D eigenvalue weighted by molar-refractivity contribution is 7.85. The summed E-state index contributed by atoms with van der Waals surface area (Å²) >= 11 is 0. The second-order valence-electron chi connectivity index (χ2n) is 5.69. The number of benzene rings is 2. The molecule has 2 rings (SSSR count). The van der Waals surface area contributed by atoms with E-state index >= 15 is 0 Å². The van der Waals surface area contributed by atoms with Gasteiger partial charge in [-0.05, 0) is 54.3 Å². The molecular formula is C18H20NO5S-. The Morgan fingerprint density at radius 3 is 2.24 bits per heavy atom. The molecule has 0 aliphatic heterocycles. The van der Waals surface area contributed by atoms with E-state index in [2.05, 4.69) is 19.2 Å². The molecule has 6 nitrogen and oxygen atoms in total. The van der Waals surface area contributed by atoms with Gasteiger partial charge in [0.25, 0.3) is 5.91 Å². The Kier molecular flexibility index (Phi) is 6.17. The third-order valence-electron chi connectivity index (χ3n) is 3.86. The monoisotopic (exact) mass is 362 g/mol. The first-order valence-corrected chi connectivity index (χ1v) is 9.29. The largest absolute Gasteiger partial charge is 0.744 e. The van der Waals surface area contributed by atoms with Gasteiger partial charge in [0.1, 0.15) is 15.9 Å². The highest BCUT2D eigenvalue weighted by atomic mass is 32.2. The molecule has 0 saturated carbocycles. The summed E-state index contributed by atoms with van der Waals surface area (Å²) in [7, 11) is -4.49. The fourth-order valence-electron chi connectivity index (χ4n) is 2.18. The van der Waals surface area contributed by atoms with Crippen LogP contribution in [0.2, 0.25) is 0 Å². The number of ether oxygens (including phenoxy) is 1. The molecule has 0 saturated heterocycles. The fourth-order valence-corrected chi connectivity index (χ4v) is 2.65. The van der Waals surface area contributed by atoms with Crippen LogP contribution in [0.25, 0.3) is 0 Å². The molecular weight excluding hydrogens is 342 g/mol. The van der Waals surface area contributed by atoms with E-state index < -0.39 is 10.1 Å². The zero-order valence-electron chi connectivity index (χ0n) is 14.1. The van der Waals surface area contributed by atoms with Gasteiger partial charge in [-0.2, -0.15) is 0 Å². The molecule has 2 aromatic carbocycles. The summed E-state index contributed by atoms with van der Waals surface area (Å²) in [5.41, 5.74) is 1.60. The smallest absolute Gasteiger partial charge is 0.262 e. The second kappa shape index (κ2) is 8.13. The molecule has 1 unspecified atom stereocenters. The third-order valence-corrected chi connectivity index (χ3v) is 4.71. The molecule has 0 aliphatic rings. The van der Waals surface area contributed by atoms with Crippen molar-refractivity contribution in [1.29, 1.82) is 0 Å². The van der Waals surface area contributed by atoms with E-state index in [0.29, 0.717) is 17.4 Å². The van der Waals surface area contributed by atoms with Crippen LogP contribution in [-0.2, 0) is 14.9 Å².